The molecule has 2 aromatic rings. The Morgan fingerprint density at radius 1 is 1.23 bits per heavy atom. The monoisotopic (exact) mass is 318 g/mol. The highest BCUT2D eigenvalue weighted by Gasteiger charge is 2.07. The van der Waals surface area contributed by atoms with Crippen LogP contribution in [0.25, 0.3) is 0 Å². The summed E-state index contributed by atoms with van der Waals surface area (Å²) < 4.78 is 5.71. The molecular weight excluding hydrogens is 300 g/mol. The van der Waals surface area contributed by atoms with Gasteiger partial charge in [-0.1, -0.05) is 41.9 Å². The van der Waals surface area contributed by atoms with Gasteiger partial charge in [-0.2, -0.15) is 0 Å². The molecule has 0 aromatic heterocycles. The molecule has 116 valence electrons. The van der Waals surface area contributed by atoms with Gasteiger partial charge in [0.1, 0.15) is 12.4 Å². The Bertz CT molecular complexity index is 629. The molecule has 0 radical (unpaired) electrons. The summed E-state index contributed by atoms with van der Waals surface area (Å²) in [4.78, 5) is 11.0. The quantitative estimate of drug-likeness (QED) is 0.825. The van der Waals surface area contributed by atoms with Crippen LogP contribution in [0.4, 0.5) is 0 Å². The second-order valence-corrected chi connectivity index (χ2v) is 5.44. The molecule has 0 aliphatic carbocycles. The maximum atomic E-state index is 11.0. The van der Waals surface area contributed by atoms with E-state index >= 15 is 0 Å². The Kier molecular flexibility index (Phi) is 5.81. The lowest BCUT2D eigenvalue weighted by Crippen LogP contribution is -2.38. The number of hydrogen-bond acceptors (Lipinski definition) is 3. The molecule has 0 heterocycles. The minimum atomic E-state index is -0.361. The van der Waals surface area contributed by atoms with E-state index < -0.39 is 0 Å². The molecule has 1 unspecified atom stereocenters. The van der Waals surface area contributed by atoms with Crippen LogP contribution in [0.15, 0.2) is 48.5 Å². The fourth-order valence-electron chi connectivity index (χ4n) is 1.85. The number of amides is 1. The molecule has 4 nitrogen and oxygen atoms in total. The van der Waals surface area contributed by atoms with Crippen LogP contribution in [0.5, 0.6) is 5.75 Å². The van der Waals surface area contributed by atoms with E-state index in [1.807, 2.05) is 48.5 Å². The van der Waals surface area contributed by atoms with Crippen molar-refractivity contribution >= 4 is 17.5 Å². The van der Waals surface area contributed by atoms with Crippen LogP contribution in [0.1, 0.15) is 18.1 Å². The highest BCUT2D eigenvalue weighted by atomic mass is 35.5. The number of hydrogen-bond donors (Lipinski definition) is 2. The summed E-state index contributed by atoms with van der Waals surface area (Å²) in [6.45, 7) is 2.74. The molecule has 1 atom stereocenters. The summed E-state index contributed by atoms with van der Waals surface area (Å²) in [5.74, 6) is 0.409. The van der Waals surface area contributed by atoms with Gasteiger partial charge in [0.15, 0.2) is 0 Å². The third-order valence-electron chi connectivity index (χ3n) is 3.31. The molecule has 3 N–H and O–H groups in total. The van der Waals surface area contributed by atoms with Crippen molar-refractivity contribution in [2.45, 2.75) is 26.1 Å². The fourth-order valence-corrected chi connectivity index (χ4v) is 2.04. The predicted octanol–water partition coefficient (Wildman–Crippen LogP) is 2.88. The minimum Gasteiger partial charge on any atom is -0.489 e. The second kappa shape index (κ2) is 7.82. The van der Waals surface area contributed by atoms with Crippen LogP contribution in [-0.2, 0) is 17.9 Å². The first-order valence-corrected chi connectivity index (χ1v) is 7.42. The summed E-state index contributed by atoms with van der Waals surface area (Å²) >= 11 is 6.09. The summed E-state index contributed by atoms with van der Waals surface area (Å²) in [5, 5.41) is 3.75. The molecule has 2 rings (SSSR count). The first-order valence-electron chi connectivity index (χ1n) is 7.04. The van der Waals surface area contributed by atoms with Crippen LogP contribution >= 0.6 is 11.6 Å². The highest BCUT2D eigenvalue weighted by molar-refractivity contribution is 6.31. The Balaban J connectivity index is 1.87. The van der Waals surface area contributed by atoms with Crippen molar-refractivity contribution < 1.29 is 9.53 Å². The van der Waals surface area contributed by atoms with Gasteiger partial charge in [-0.3, -0.25) is 4.79 Å². The van der Waals surface area contributed by atoms with E-state index in [-0.39, 0.29) is 11.9 Å². The number of carbonyl (C=O) groups excluding carboxylic acids is 1. The van der Waals surface area contributed by atoms with E-state index in [0.29, 0.717) is 18.2 Å². The summed E-state index contributed by atoms with van der Waals surface area (Å²) in [5.41, 5.74) is 7.20. The number of ether oxygens (including phenoxy) is 1. The van der Waals surface area contributed by atoms with Crippen molar-refractivity contribution in [1.29, 1.82) is 0 Å². The molecule has 0 fully saturated rings. The number of primary amides is 1. The molecule has 1 amide bonds. The van der Waals surface area contributed by atoms with Crippen LogP contribution in [0, 0.1) is 0 Å². The van der Waals surface area contributed by atoms with Crippen LogP contribution in [0.3, 0.4) is 0 Å². The molecule has 0 aliphatic heterocycles. The van der Waals surface area contributed by atoms with E-state index in [4.69, 9.17) is 22.1 Å². The first kappa shape index (κ1) is 16.3. The predicted molar refractivity (Wildman–Crippen MR) is 87.7 cm³/mol. The van der Waals surface area contributed by atoms with E-state index in [0.717, 1.165) is 16.9 Å². The van der Waals surface area contributed by atoms with E-state index in [1.165, 1.54) is 0 Å². The average Bonchev–Trinajstić information content (AvgIpc) is 2.52. The second-order valence-electron chi connectivity index (χ2n) is 5.03. The SMILES string of the molecule is CC(NCc1ccc(OCc2ccccc2Cl)cc1)C(N)=O. The molecule has 0 bridgehead atoms. The van der Waals surface area contributed by atoms with Crippen molar-refractivity contribution in [3.8, 4) is 5.75 Å². The zero-order chi connectivity index (χ0) is 15.9. The molecule has 5 heteroatoms. The first-order chi connectivity index (χ1) is 10.6. The van der Waals surface area contributed by atoms with Crippen LogP contribution in [-0.4, -0.2) is 11.9 Å². The summed E-state index contributed by atoms with van der Waals surface area (Å²) in [6.07, 6.45) is 0. The van der Waals surface area contributed by atoms with Gasteiger partial charge in [0.05, 0.1) is 6.04 Å². The molecule has 0 aliphatic rings. The largest absolute Gasteiger partial charge is 0.489 e. The van der Waals surface area contributed by atoms with Gasteiger partial charge in [0.25, 0.3) is 0 Å². The number of benzene rings is 2. The van der Waals surface area contributed by atoms with E-state index in [1.54, 1.807) is 6.92 Å². The molecule has 0 spiro atoms. The minimum absolute atomic E-state index is 0.351. The number of rotatable bonds is 7. The van der Waals surface area contributed by atoms with Gasteiger partial charge >= 0.3 is 0 Å². The van der Waals surface area contributed by atoms with Crippen molar-refractivity contribution in [2.24, 2.45) is 5.73 Å². The van der Waals surface area contributed by atoms with E-state index in [9.17, 15) is 4.79 Å². The van der Waals surface area contributed by atoms with Gasteiger partial charge in [0, 0.05) is 17.1 Å². The standard InChI is InChI=1S/C17H19ClN2O2/c1-12(17(19)21)20-10-13-6-8-15(9-7-13)22-11-14-4-2-3-5-16(14)18/h2-9,12,20H,10-11H2,1H3,(H2,19,21). The molecule has 2 aromatic carbocycles. The topological polar surface area (TPSA) is 64.3 Å². The lowest BCUT2D eigenvalue weighted by molar-refractivity contribution is -0.119. The Labute approximate surface area is 135 Å². The zero-order valence-corrected chi connectivity index (χ0v) is 13.1. The molecule has 0 saturated carbocycles. The molecule has 22 heavy (non-hydrogen) atoms. The Morgan fingerprint density at radius 2 is 1.91 bits per heavy atom. The van der Waals surface area contributed by atoms with E-state index in [2.05, 4.69) is 5.32 Å². The van der Waals surface area contributed by atoms with Crippen molar-refractivity contribution in [1.82, 2.24) is 5.32 Å². The van der Waals surface area contributed by atoms with Crippen LogP contribution < -0.4 is 15.8 Å². The normalized spacial score (nSPS) is 11.9. The Morgan fingerprint density at radius 3 is 2.55 bits per heavy atom. The smallest absolute Gasteiger partial charge is 0.234 e. The molecule has 0 saturated heterocycles. The lowest BCUT2D eigenvalue weighted by atomic mass is 10.2. The molecular formula is C17H19ClN2O2. The van der Waals surface area contributed by atoms with Gasteiger partial charge in [-0.15, -0.1) is 0 Å². The average molecular weight is 319 g/mol. The zero-order valence-electron chi connectivity index (χ0n) is 12.4. The lowest BCUT2D eigenvalue weighted by Gasteiger charge is -2.11. The fraction of sp³-hybridized carbons (Fsp3) is 0.235. The van der Waals surface area contributed by atoms with Gasteiger partial charge < -0.3 is 15.8 Å². The van der Waals surface area contributed by atoms with Gasteiger partial charge in [-0.25, -0.2) is 0 Å². The van der Waals surface area contributed by atoms with Crippen molar-refractivity contribution in [3.05, 3.63) is 64.7 Å². The summed E-state index contributed by atoms with van der Waals surface area (Å²) in [7, 11) is 0. The van der Waals surface area contributed by atoms with Crippen molar-refractivity contribution in [2.75, 3.05) is 0 Å². The number of halogens is 1. The third kappa shape index (κ3) is 4.76. The maximum Gasteiger partial charge on any atom is 0.234 e. The van der Waals surface area contributed by atoms with Gasteiger partial charge in [-0.05, 0) is 30.7 Å². The maximum absolute atomic E-state index is 11.0. The number of carbonyl (C=O) groups is 1. The Hall–Kier alpha value is -2.04. The third-order valence-corrected chi connectivity index (χ3v) is 3.68. The number of nitrogens with one attached hydrogen (secondary N) is 1. The van der Waals surface area contributed by atoms with Crippen LogP contribution in [0.2, 0.25) is 5.02 Å². The highest BCUT2D eigenvalue weighted by Crippen LogP contribution is 2.19. The number of nitrogens with two attached hydrogens (primary N) is 1. The summed E-state index contributed by atoms with van der Waals surface area (Å²) in [6, 6.07) is 14.9. The van der Waals surface area contributed by atoms with Crippen molar-refractivity contribution in [3.63, 3.8) is 0 Å². The van der Waals surface area contributed by atoms with Gasteiger partial charge in [0.2, 0.25) is 5.91 Å².